The third-order valence-electron chi connectivity index (χ3n) is 4.64. The zero-order chi connectivity index (χ0) is 20.2. The van der Waals surface area contributed by atoms with Crippen molar-refractivity contribution >= 4 is 5.96 Å². The fraction of sp³-hybridized carbons (Fsp3) is 0.455. The Balaban J connectivity index is 1.53. The fourth-order valence-electron chi connectivity index (χ4n) is 3.06. The Bertz CT molecular complexity index is 748. The van der Waals surface area contributed by atoms with E-state index in [0.717, 1.165) is 63.0 Å². The number of hydrogen-bond acceptors (Lipinski definition) is 5. The second-order valence-electron chi connectivity index (χ2n) is 6.82. The number of ether oxygens (including phenoxy) is 2. The van der Waals surface area contributed by atoms with Crippen LogP contribution in [0.4, 0.5) is 0 Å². The molecule has 0 bridgehead atoms. The number of rotatable bonds is 9. The lowest BCUT2D eigenvalue weighted by atomic mass is 10.2. The van der Waals surface area contributed by atoms with Crippen molar-refractivity contribution in [3.8, 4) is 5.88 Å². The second-order valence-corrected chi connectivity index (χ2v) is 6.82. The Morgan fingerprint density at radius 1 is 1.14 bits per heavy atom. The van der Waals surface area contributed by atoms with Gasteiger partial charge in [0.05, 0.1) is 19.8 Å². The molecule has 3 rings (SSSR count). The summed E-state index contributed by atoms with van der Waals surface area (Å²) in [6, 6.07) is 14.0. The summed E-state index contributed by atoms with van der Waals surface area (Å²) in [6.07, 6.45) is 1.75. The minimum absolute atomic E-state index is 0.492. The monoisotopic (exact) mass is 397 g/mol. The van der Waals surface area contributed by atoms with E-state index in [9.17, 15) is 0 Å². The Morgan fingerprint density at radius 2 is 1.97 bits per heavy atom. The molecule has 0 unspecified atom stereocenters. The molecule has 1 saturated heterocycles. The van der Waals surface area contributed by atoms with E-state index in [2.05, 4.69) is 27.4 Å². The van der Waals surface area contributed by atoms with Gasteiger partial charge in [-0.2, -0.15) is 0 Å². The Morgan fingerprint density at radius 3 is 2.76 bits per heavy atom. The maximum Gasteiger partial charge on any atom is 0.218 e. The number of pyridine rings is 1. The van der Waals surface area contributed by atoms with Crippen molar-refractivity contribution < 1.29 is 9.47 Å². The van der Waals surface area contributed by atoms with Gasteiger partial charge in [0.15, 0.2) is 5.96 Å². The molecule has 2 N–H and O–H groups in total. The molecule has 7 nitrogen and oxygen atoms in total. The number of nitrogens with one attached hydrogen (secondary N) is 2. The van der Waals surface area contributed by atoms with E-state index in [1.165, 1.54) is 0 Å². The predicted octanol–water partition coefficient (Wildman–Crippen LogP) is 2.05. The normalized spacial score (nSPS) is 15.1. The van der Waals surface area contributed by atoms with E-state index in [-0.39, 0.29) is 0 Å². The summed E-state index contributed by atoms with van der Waals surface area (Å²) in [5.41, 5.74) is 2.08. The molecule has 1 aromatic carbocycles. The van der Waals surface area contributed by atoms with Crippen LogP contribution in [0.1, 0.15) is 18.1 Å². The minimum atomic E-state index is 0.492. The van der Waals surface area contributed by atoms with Gasteiger partial charge < -0.3 is 20.1 Å². The highest BCUT2D eigenvalue weighted by Crippen LogP contribution is 2.17. The first kappa shape index (κ1) is 21.1. The Labute approximate surface area is 173 Å². The van der Waals surface area contributed by atoms with Crippen LogP contribution in [0.15, 0.2) is 53.7 Å². The first-order chi connectivity index (χ1) is 14.3. The van der Waals surface area contributed by atoms with Crippen molar-refractivity contribution in [2.75, 3.05) is 45.9 Å². The summed E-state index contributed by atoms with van der Waals surface area (Å²) in [5.74, 6) is 1.43. The largest absolute Gasteiger partial charge is 0.473 e. The zero-order valence-corrected chi connectivity index (χ0v) is 17.1. The van der Waals surface area contributed by atoms with Crippen LogP contribution in [-0.2, 0) is 17.9 Å². The Hall–Kier alpha value is -2.64. The molecule has 2 heterocycles. The molecule has 29 heavy (non-hydrogen) atoms. The Kier molecular flexibility index (Phi) is 8.75. The highest BCUT2D eigenvalue weighted by Gasteiger charge is 2.10. The van der Waals surface area contributed by atoms with Crippen LogP contribution in [0.3, 0.4) is 0 Å². The second kappa shape index (κ2) is 12.0. The SMILES string of the molecule is CCNC(=NCc1cccnc1OCc1ccccc1)NCCN1CCOCC1. The van der Waals surface area contributed by atoms with Crippen molar-refractivity contribution in [1.82, 2.24) is 20.5 Å². The molecule has 2 aromatic rings. The van der Waals surface area contributed by atoms with Gasteiger partial charge in [-0.1, -0.05) is 36.4 Å². The van der Waals surface area contributed by atoms with Crippen LogP contribution in [0.25, 0.3) is 0 Å². The molecule has 0 amide bonds. The van der Waals surface area contributed by atoms with Crippen molar-refractivity contribution in [1.29, 1.82) is 0 Å². The average molecular weight is 398 g/mol. The number of aliphatic imine (C=N–C) groups is 1. The topological polar surface area (TPSA) is 71.0 Å². The number of morpholine rings is 1. The minimum Gasteiger partial charge on any atom is -0.473 e. The lowest BCUT2D eigenvalue weighted by Crippen LogP contribution is -2.44. The van der Waals surface area contributed by atoms with Gasteiger partial charge in [-0.15, -0.1) is 0 Å². The molecule has 1 fully saturated rings. The highest BCUT2D eigenvalue weighted by molar-refractivity contribution is 5.79. The molecule has 1 aliphatic heterocycles. The van der Waals surface area contributed by atoms with Crippen LogP contribution >= 0.6 is 0 Å². The number of benzene rings is 1. The van der Waals surface area contributed by atoms with Crippen LogP contribution in [0, 0.1) is 0 Å². The summed E-state index contributed by atoms with van der Waals surface area (Å²) >= 11 is 0. The van der Waals surface area contributed by atoms with Gasteiger partial charge in [-0.25, -0.2) is 9.98 Å². The molecule has 0 saturated carbocycles. The molecule has 0 radical (unpaired) electrons. The van der Waals surface area contributed by atoms with Crippen molar-refractivity contribution in [2.24, 2.45) is 4.99 Å². The average Bonchev–Trinajstić information content (AvgIpc) is 2.78. The van der Waals surface area contributed by atoms with Gasteiger partial charge in [0.25, 0.3) is 0 Å². The van der Waals surface area contributed by atoms with Gasteiger partial charge in [0.2, 0.25) is 5.88 Å². The number of guanidine groups is 1. The lowest BCUT2D eigenvalue weighted by molar-refractivity contribution is 0.0389. The van der Waals surface area contributed by atoms with E-state index < -0.39 is 0 Å². The summed E-state index contributed by atoms with van der Waals surface area (Å²) in [5, 5.41) is 6.71. The number of nitrogens with zero attached hydrogens (tertiary/aromatic N) is 3. The van der Waals surface area contributed by atoms with Crippen LogP contribution in [0.2, 0.25) is 0 Å². The van der Waals surface area contributed by atoms with Gasteiger partial charge in [0.1, 0.15) is 6.61 Å². The van der Waals surface area contributed by atoms with Gasteiger partial charge in [-0.3, -0.25) is 4.90 Å². The van der Waals surface area contributed by atoms with Gasteiger partial charge >= 0.3 is 0 Å². The molecule has 1 aromatic heterocycles. The number of aromatic nitrogens is 1. The molecule has 1 aliphatic rings. The maximum absolute atomic E-state index is 5.94. The third kappa shape index (κ3) is 7.36. The van der Waals surface area contributed by atoms with Crippen LogP contribution in [0.5, 0.6) is 5.88 Å². The fourth-order valence-corrected chi connectivity index (χ4v) is 3.06. The van der Waals surface area contributed by atoms with E-state index in [0.29, 0.717) is 19.0 Å². The van der Waals surface area contributed by atoms with Gasteiger partial charge in [0, 0.05) is 44.5 Å². The van der Waals surface area contributed by atoms with E-state index in [1.54, 1.807) is 6.20 Å². The van der Waals surface area contributed by atoms with E-state index >= 15 is 0 Å². The van der Waals surface area contributed by atoms with E-state index in [1.807, 2.05) is 42.5 Å². The summed E-state index contributed by atoms with van der Waals surface area (Å²) in [6.45, 7) is 9.33. The van der Waals surface area contributed by atoms with Crippen molar-refractivity contribution in [3.63, 3.8) is 0 Å². The summed E-state index contributed by atoms with van der Waals surface area (Å²) in [7, 11) is 0. The van der Waals surface area contributed by atoms with Crippen molar-refractivity contribution in [3.05, 3.63) is 59.8 Å². The quantitative estimate of drug-likeness (QED) is 0.499. The van der Waals surface area contributed by atoms with Crippen molar-refractivity contribution in [2.45, 2.75) is 20.1 Å². The standard InChI is InChI=1S/C22H31N5O2/c1-2-23-22(25-11-12-27-13-15-28-16-14-27)26-17-20-9-6-10-24-21(20)29-18-19-7-4-3-5-8-19/h3-10H,2,11-18H2,1H3,(H2,23,25,26). The molecule has 156 valence electrons. The van der Waals surface area contributed by atoms with Crippen LogP contribution in [-0.4, -0.2) is 61.8 Å². The molecule has 7 heteroatoms. The molecular weight excluding hydrogens is 366 g/mol. The number of hydrogen-bond donors (Lipinski definition) is 2. The van der Waals surface area contributed by atoms with E-state index in [4.69, 9.17) is 14.5 Å². The molecule has 0 atom stereocenters. The molecule has 0 aliphatic carbocycles. The molecule has 0 spiro atoms. The lowest BCUT2D eigenvalue weighted by Gasteiger charge is -2.26. The van der Waals surface area contributed by atoms with Crippen LogP contribution < -0.4 is 15.4 Å². The highest BCUT2D eigenvalue weighted by atomic mass is 16.5. The smallest absolute Gasteiger partial charge is 0.218 e. The molecular formula is C22H31N5O2. The van der Waals surface area contributed by atoms with Gasteiger partial charge in [-0.05, 0) is 18.6 Å². The first-order valence-electron chi connectivity index (χ1n) is 10.3. The third-order valence-corrected chi connectivity index (χ3v) is 4.64. The predicted molar refractivity (Wildman–Crippen MR) is 115 cm³/mol. The maximum atomic E-state index is 5.94. The summed E-state index contributed by atoms with van der Waals surface area (Å²) < 4.78 is 11.3. The zero-order valence-electron chi connectivity index (χ0n) is 17.1. The summed E-state index contributed by atoms with van der Waals surface area (Å²) in [4.78, 5) is 11.5. The first-order valence-corrected chi connectivity index (χ1v) is 10.3.